The zero-order valence-electron chi connectivity index (χ0n) is 9.54. The maximum absolute atomic E-state index is 12.4. The highest BCUT2D eigenvalue weighted by atomic mass is 127. The maximum atomic E-state index is 12.4. The molecule has 0 spiro atoms. The molecule has 1 heterocycles. The summed E-state index contributed by atoms with van der Waals surface area (Å²) in [6.07, 6.45) is 0.440. The van der Waals surface area contributed by atoms with Crippen LogP contribution in [-0.4, -0.2) is 30.3 Å². The van der Waals surface area contributed by atoms with Gasteiger partial charge in [-0.25, -0.2) is 8.42 Å². The number of hydrogen-bond donors (Lipinski definition) is 0. The van der Waals surface area contributed by atoms with Crippen LogP contribution in [0.25, 0.3) is 0 Å². The highest BCUT2D eigenvalue weighted by Gasteiger charge is 2.41. The number of sulfone groups is 1. The molecule has 3 atom stereocenters. The molecule has 0 amide bonds. The van der Waals surface area contributed by atoms with Crippen molar-refractivity contribution in [2.75, 3.05) is 4.43 Å². The quantitative estimate of drug-likeness (QED) is 0.610. The Morgan fingerprint density at radius 1 is 1.35 bits per heavy atom. The van der Waals surface area contributed by atoms with Gasteiger partial charge in [0.1, 0.15) is 0 Å². The van der Waals surface area contributed by atoms with Gasteiger partial charge in [0.15, 0.2) is 9.84 Å². The van der Waals surface area contributed by atoms with Crippen molar-refractivity contribution in [3.8, 4) is 0 Å². The third-order valence-electron chi connectivity index (χ3n) is 3.07. The topological polar surface area (TPSA) is 43.4 Å². The molecular weight excluding hydrogens is 351 g/mol. The summed E-state index contributed by atoms with van der Waals surface area (Å²) in [5.74, 6) is 0. The highest BCUT2D eigenvalue weighted by Crippen LogP contribution is 2.31. The Hall–Kier alpha value is -0.140. The molecule has 0 N–H and O–H groups in total. The lowest BCUT2D eigenvalue weighted by molar-refractivity contribution is 0.0722. The second-order valence-corrected chi connectivity index (χ2v) is 7.30. The molecule has 5 heteroatoms. The van der Waals surface area contributed by atoms with Crippen LogP contribution in [0.5, 0.6) is 0 Å². The Kier molecular flexibility index (Phi) is 4.10. The first-order chi connectivity index (χ1) is 8.05. The van der Waals surface area contributed by atoms with Crippen LogP contribution in [0.3, 0.4) is 0 Å². The van der Waals surface area contributed by atoms with Crippen molar-refractivity contribution in [3.63, 3.8) is 0 Å². The molecular formula is C12H15IO3S. The second kappa shape index (κ2) is 5.24. The molecule has 0 saturated carbocycles. The number of benzene rings is 1. The van der Waals surface area contributed by atoms with E-state index in [0.29, 0.717) is 11.3 Å². The first-order valence-corrected chi connectivity index (χ1v) is 8.63. The van der Waals surface area contributed by atoms with E-state index >= 15 is 0 Å². The van der Waals surface area contributed by atoms with Gasteiger partial charge in [-0.15, -0.1) is 0 Å². The van der Waals surface area contributed by atoms with Crippen LogP contribution in [0.4, 0.5) is 0 Å². The van der Waals surface area contributed by atoms with E-state index in [-0.39, 0.29) is 12.2 Å². The molecule has 1 aliphatic heterocycles. The summed E-state index contributed by atoms with van der Waals surface area (Å²) in [5.41, 5.74) is 0. The number of hydrogen-bond acceptors (Lipinski definition) is 3. The number of halogens is 1. The zero-order valence-corrected chi connectivity index (χ0v) is 12.5. The Morgan fingerprint density at radius 3 is 2.53 bits per heavy atom. The lowest BCUT2D eigenvalue weighted by Gasteiger charge is -2.14. The minimum Gasteiger partial charge on any atom is -0.373 e. The van der Waals surface area contributed by atoms with Crippen LogP contribution < -0.4 is 0 Å². The van der Waals surface area contributed by atoms with E-state index in [1.165, 1.54) is 0 Å². The van der Waals surface area contributed by atoms with Gasteiger partial charge in [-0.05, 0) is 25.5 Å². The van der Waals surface area contributed by atoms with Gasteiger partial charge in [-0.1, -0.05) is 40.8 Å². The van der Waals surface area contributed by atoms with Crippen LogP contribution in [-0.2, 0) is 14.6 Å². The van der Waals surface area contributed by atoms with Crippen molar-refractivity contribution >= 4 is 32.4 Å². The lowest BCUT2D eigenvalue weighted by atomic mass is 10.2. The minimum absolute atomic E-state index is 0.0640. The summed E-state index contributed by atoms with van der Waals surface area (Å²) in [6, 6.07) is 8.63. The standard InChI is InChI=1S/C12H15IO3S/c1-9-12(7-10(8-13)16-9)17(14,15)11-5-3-2-4-6-11/h2-6,9-10,12H,7-8H2,1H3/t9-,10+,12+/m0/s1. The van der Waals surface area contributed by atoms with E-state index < -0.39 is 15.1 Å². The molecule has 3 nitrogen and oxygen atoms in total. The van der Waals surface area contributed by atoms with E-state index in [0.717, 1.165) is 4.43 Å². The average molecular weight is 366 g/mol. The summed E-state index contributed by atoms with van der Waals surface area (Å²) in [5, 5.41) is -0.412. The van der Waals surface area contributed by atoms with Crippen LogP contribution >= 0.6 is 22.6 Å². The molecule has 2 rings (SSSR count). The van der Waals surface area contributed by atoms with Gasteiger partial charge in [0.25, 0.3) is 0 Å². The molecule has 17 heavy (non-hydrogen) atoms. The fourth-order valence-corrected chi connectivity index (χ4v) is 4.65. The summed E-state index contributed by atoms with van der Waals surface area (Å²) < 4.78 is 31.3. The predicted molar refractivity (Wildman–Crippen MR) is 75.3 cm³/mol. The minimum atomic E-state index is -3.26. The van der Waals surface area contributed by atoms with Gasteiger partial charge >= 0.3 is 0 Å². The van der Waals surface area contributed by atoms with E-state index in [1.54, 1.807) is 24.3 Å². The van der Waals surface area contributed by atoms with Crippen molar-refractivity contribution in [1.29, 1.82) is 0 Å². The first-order valence-electron chi connectivity index (χ1n) is 5.56. The number of rotatable bonds is 3. The summed E-state index contributed by atoms with van der Waals surface area (Å²) >= 11 is 2.23. The van der Waals surface area contributed by atoms with Gasteiger partial charge in [0.2, 0.25) is 0 Å². The second-order valence-electron chi connectivity index (χ2n) is 4.25. The smallest absolute Gasteiger partial charge is 0.183 e. The monoisotopic (exact) mass is 366 g/mol. The van der Waals surface area contributed by atoms with Crippen molar-refractivity contribution in [2.45, 2.75) is 35.7 Å². The third-order valence-corrected chi connectivity index (χ3v) is 6.35. The zero-order chi connectivity index (χ0) is 12.5. The van der Waals surface area contributed by atoms with Crippen molar-refractivity contribution < 1.29 is 13.2 Å². The normalized spacial score (nSPS) is 29.4. The molecule has 1 aliphatic rings. The fourth-order valence-electron chi connectivity index (χ4n) is 2.16. The largest absolute Gasteiger partial charge is 0.373 e. The molecule has 0 aromatic heterocycles. The van der Waals surface area contributed by atoms with Gasteiger partial charge in [0.05, 0.1) is 22.4 Å². The predicted octanol–water partition coefficient (Wildman–Crippen LogP) is 2.44. The van der Waals surface area contributed by atoms with Gasteiger partial charge in [-0.3, -0.25) is 0 Å². The summed E-state index contributed by atoms with van der Waals surface area (Å²) in [7, 11) is -3.26. The van der Waals surface area contributed by atoms with Crippen LogP contribution in [0.2, 0.25) is 0 Å². The van der Waals surface area contributed by atoms with E-state index in [2.05, 4.69) is 22.6 Å². The van der Waals surface area contributed by atoms with E-state index in [9.17, 15) is 8.42 Å². The molecule has 1 aromatic rings. The number of ether oxygens (including phenoxy) is 1. The third kappa shape index (κ3) is 2.66. The Balaban J connectivity index is 2.28. The van der Waals surface area contributed by atoms with Crippen LogP contribution in [0.15, 0.2) is 35.2 Å². The Morgan fingerprint density at radius 2 is 2.00 bits per heavy atom. The van der Waals surface area contributed by atoms with E-state index in [1.807, 2.05) is 13.0 Å². The van der Waals surface area contributed by atoms with Crippen molar-refractivity contribution in [3.05, 3.63) is 30.3 Å². The first kappa shape index (κ1) is 13.3. The van der Waals surface area contributed by atoms with Gasteiger partial charge < -0.3 is 4.74 Å². The Bertz CT molecular complexity index is 472. The van der Waals surface area contributed by atoms with Gasteiger partial charge in [0, 0.05) is 4.43 Å². The van der Waals surface area contributed by atoms with Crippen molar-refractivity contribution in [2.24, 2.45) is 0 Å². The molecule has 1 fully saturated rings. The SMILES string of the molecule is C[C@@H]1O[C@@H](CI)C[C@H]1S(=O)(=O)c1ccccc1. The Labute approximate surface area is 116 Å². The number of alkyl halides is 1. The van der Waals surface area contributed by atoms with Gasteiger partial charge in [-0.2, -0.15) is 0 Å². The lowest BCUT2D eigenvalue weighted by Crippen LogP contribution is -2.28. The summed E-state index contributed by atoms with van der Waals surface area (Å²) in [6.45, 7) is 1.84. The molecule has 0 unspecified atom stereocenters. The molecule has 0 radical (unpaired) electrons. The van der Waals surface area contributed by atoms with Crippen LogP contribution in [0, 0.1) is 0 Å². The van der Waals surface area contributed by atoms with Crippen molar-refractivity contribution in [1.82, 2.24) is 0 Å². The average Bonchev–Trinajstić information content (AvgIpc) is 2.72. The molecule has 1 saturated heterocycles. The fraction of sp³-hybridized carbons (Fsp3) is 0.500. The highest BCUT2D eigenvalue weighted by molar-refractivity contribution is 14.1. The van der Waals surface area contributed by atoms with Crippen LogP contribution in [0.1, 0.15) is 13.3 Å². The van der Waals surface area contributed by atoms with E-state index in [4.69, 9.17) is 4.74 Å². The summed E-state index contributed by atoms with van der Waals surface area (Å²) in [4.78, 5) is 0.398. The molecule has 1 aromatic carbocycles. The molecule has 94 valence electrons. The maximum Gasteiger partial charge on any atom is 0.183 e. The molecule has 0 aliphatic carbocycles. The molecule has 0 bridgehead atoms.